The van der Waals surface area contributed by atoms with Gasteiger partial charge in [0.25, 0.3) is 0 Å². The zero-order valence-electron chi connectivity index (χ0n) is 9.95. The maximum Gasteiger partial charge on any atom is 0.405 e. The van der Waals surface area contributed by atoms with Gasteiger partial charge in [-0.05, 0) is 24.6 Å². The van der Waals surface area contributed by atoms with Crippen molar-refractivity contribution >= 4 is 17.4 Å². The molecule has 2 amide bonds. The van der Waals surface area contributed by atoms with Gasteiger partial charge in [0, 0.05) is 5.69 Å². The fourth-order valence-electron chi connectivity index (χ4n) is 1.21. The highest BCUT2D eigenvalue weighted by atomic mass is 19.4. The number of hydrogen-bond donors (Lipinski definition) is 3. The summed E-state index contributed by atoms with van der Waals surface area (Å²) in [4.78, 5) is 11.1. The topological polar surface area (TPSA) is 73.7 Å². The molecule has 0 spiro atoms. The third-order valence-electron chi connectivity index (χ3n) is 2.16. The van der Waals surface area contributed by atoms with E-state index in [1.807, 2.05) is 0 Å². The number of hydrogen-bond acceptors (Lipinski definition) is 3. The third-order valence-corrected chi connectivity index (χ3v) is 2.16. The van der Waals surface area contributed by atoms with E-state index < -0.39 is 18.8 Å². The second-order valence-electron chi connectivity index (χ2n) is 3.69. The Morgan fingerprint density at radius 1 is 1.32 bits per heavy atom. The Balaban J connectivity index is 2.56. The van der Waals surface area contributed by atoms with Crippen LogP contribution in [0, 0.1) is 0 Å². The van der Waals surface area contributed by atoms with Gasteiger partial charge in [-0.2, -0.15) is 13.2 Å². The van der Waals surface area contributed by atoms with Crippen LogP contribution in [0.15, 0.2) is 29.4 Å². The standard InChI is InChI=1S/C11H12F3N3O2/c1-7(17-19)8-2-4-9(5-3-8)16-10(18)15-6-11(12,13)14/h2-5,19H,6H2,1H3,(H2,15,16,18)/b17-7-. The van der Waals surface area contributed by atoms with Crippen LogP contribution >= 0.6 is 0 Å². The molecule has 0 unspecified atom stereocenters. The van der Waals surface area contributed by atoms with Crippen LogP contribution in [-0.2, 0) is 0 Å². The summed E-state index contributed by atoms with van der Waals surface area (Å²) in [7, 11) is 0. The first kappa shape index (κ1) is 14.8. The Morgan fingerprint density at radius 3 is 2.37 bits per heavy atom. The summed E-state index contributed by atoms with van der Waals surface area (Å²) in [6.07, 6.45) is -4.45. The van der Waals surface area contributed by atoms with Crippen molar-refractivity contribution in [2.45, 2.75) is 13.1 Å². The molecule has 0 heterocycles. The summed E-state index contributed by atoms with van der Waals surface area (Å²) in [5.74, 6) is 0. The second-order valence-corrected chi connectivity index (χ2v) is 3.69. The minimum absolute atomic E-state index is 0.328. The molecule has 0 aromatic heterocycles. The quantitative estimate of drug-likeness (QED) is 0.450. The third kappa shape index (κ3) is 5.28. The molecule has 5 nitrogen and oxygen atoms in total. The highest BCUT2D eigenvalue weighted by Gasteiger charge is 2.27. The first-order chi connectivity index (χ1) is 8.81. The second kappa shape index (κ2) is 6.07. The Morgan fingerprint density at radius 2 is 1.89 bits per heavy atom. The molecule has 1 aromatic rings. The molecule has 1 rings (SSSR count). The number of carbonyl (C=O) groups excluding carboxylic acids is 1. The normalized spacial score (nSPS) is 12.1. The molecular formula is C11H12F3N3O2. The van der Waals surface area contributed by atoms with Gasteiger partial charge in [0.15, 0.2) is 0 Å². The number of urea groups is 1. The van der Waals surface area contributed by atoms with Gasteiger partial charge in [0.1, 0.15) is 6.54 Å². The Hall–Kier alpha value is -2.25. The highest BCUT2D eigenvalue weighted by Crippen LogP contribution is 2.13. The zero-order valence-corrected chi connectivity index (χ0v) is 9.95. The van der Waals surface area contributed by atoms with Crippen LogP contribution in [0.4, 0.5) is 23.7 Å². The zero-order chi connectivity index (χ0) is 14.5. The minimum Gasteiger partial charge on any atom is -0.411 e. The summed E-state index contributed by atoms with van der Waals surface area (Å²) < 4.78 is 35.6. The molecule has 3 N–H and O–H groups in total. The van der Waals surface area contributed by atoms with Crippen LogP contribution in [-0.4, -0.2) is 29.7 Å². The van der Waals surface area contributed by atoms with Crippen LogP contribution in [0.1, 0.15) is 12.5 Å². The van der Waals surface area contributed by atoms with Crippen molar-refractivity contribution in [2.24, 2.45) is 5.16 Å². The number of amides is 2. The summed E-state index contributed by atoms with van der Waals surface area (Å²) >= 11 is 0. The lowest BCUT2D eigenvalue weighted by molar-refractivity contribution is -0.122. The number of benzene rings is 1. The monoisotopic (exact) mass is 275 g/mol. The van der Waals surface area contributed by atoms with Gasteiger partial charge >= 0.3 is 12.2 Å². The van der Waals surface area contributed by atoms with Gasteiger partial charge in [-0.15, -0.1) is 0 Å². The summed E-state index contributed by atoms with van der Waals surface area (Å²) in [5.41, 5.74) is 1.34. The highest BCUT2D eigenvalue weighted by molar-refractivity contribution is 5.99. The lowest BCUT2D eigenvalue weighted by atomic mass is 10.1. The molecule has 0 aliphatic heterocycles. The number of nitrogens with one attached hydrogen (secondary N) is 2. The molecule has 0 aliphatic rings. The van der Waals surface area contributed by atoms with E-state index in [1.165, 1.54) is 12.1 Å². The summed E-state index contributed by atoms with van der Waals surface area (Å²) in [6, 6.07) is 5.15. The van der Waals surface area contributed by atoms with Crippen LogP contribution in [0.2, 0.25) is 0 Å². The molecule has 0 radical (unpaired) electrons. The van der Waals surface area contributed by atoms with Crippen molar-refractivity contribution in [2.75, 3.05) is 11.9 Å². The van der Waals surface area contributed by atoms with Crippen molar-refractivity contribution in [3.05, 3.63) is 29.8 Å². The number of halogens is 3. The Bertz CT molecular complexity index is 469. The number of carbonyl (C=O) groups is 1. The van der Waals surface area contributed by atoms with E-state index >= 15 is 0 Å². The molecule has 0 aliphatic carbocycles. The van der Waals surface area contributed by atoms with Gasteiger partial charge in [0.05, 0.1) is 5.71 Å². The molecule has 0 bridgehead atoms. The van der Waals surface area contributed by atoms with E-state index in [-0.39, 0.29) is 0 Å². The summed E-state index contributed by atoms with van der Waals surface area (Å²) in [5, 5.41) is 15.5. The van der Waals surface area contributed by atoms with Crippen LogP contribution < -0.4 is 10.6 Å². The van der Waals surface area contributed by atoms with Crippen molar-refractivity contribution < 1.29 is 23.2 Å². The Kier molecular flexibility index (Phi) is 4.74. The fraction of sp³-hybridized carbons (Fsp3) is 0.273. The lowest BCUT2D eigenvalue weighted by Gasteiger charge is -2.10. The average Bonchev–Trinajstić information content (AvgIpc) is 2.35. The molecular weight excluding hydrogens is 263 g/mol. The predicted octanol–water partition coefficient (Wildman–Crippen LogP) is 2.57. The number of alkyl halides is 3. The number of rotatable bonds is 3. The van der Waals surface area contributed by atoms with E-state index in [9.17, 15) is 18.0 Å². The SMILES string of the molecule is C/C(=N/O)c1ccc(NC(=O)NCC(F)(F)F)cc1. The van der Waals surface area contributed by atoms with Crippen molar-refractivity contribution in [1.29, 1.82) is 0 Å². The maximum absolute atomic E-state index is 11.9. The van der Waals surface area contributed by atoms with Gasteiger partial charge in [-0.25, -0.2) is 4.79 Å². The van der Waals surface area contributed by atoms with E-state index in [4.69, 9.17) is 5.21 Å². The molecule has 0 atom stereocenters. The summed E-state index contributed by atoms with van der Waals surface area (Å²) in [6.45, 7) is 0.186. The van der Waals surface area contributed by atoms with E-state index in [2.05, 4.69) is 10.5 Å². The van der Waals surface area contributed by atoms with E-state index in [0.717, 1.165) is 0 Å². The number of anilines is 1. The van der Waals surface area contributed by atoms with Crippen molar-refractivity contribution in [3.8, 4) is 0 Å². The average molecular weight is 275 g/mol. The van der Waals surface area contributed by atoms with Crippen LogP contribution in [0.3, 0.4) is 0 Å². The molecule has 0 saturated heterocycles. The first-order valence-corrected chi connectivity index (χ1v) is 5.22. The molecule has 104 valence electrons. The number of nitrogens with zero attached hydrogens (tertiary/aromatic N) is 1. The van der Waals surface area contributed by atoms with Crippen LogP contribution in [0.25, 0.3) is 0 Å². The molecule has 8 heteroatoms. The van der Waals surface area contributed by atoms with Gasteiger partial charge in [-0.3, -0.25) is 0 Å². The van der Waals surface area contributed by atoms with Crippen molar-refractivity contribution in [3.63, 3.8) is 0 Å². The smallest absolute Gasteiger partial charge is 0.405 e. The fourth-order valence-corrected chi connectivity index (χ4v) is 1.21. The van der Waals surface area contributed by atoms with Crippen molar-refractivity contribution in [1.82, 2.24) is 5.32 Å². The number of oxime groups is 1. The maximum atomic E-state index is 11.9. The molecule has 0 saturated carbocycles. The van der Waals surface area contributed by atoms with Gasteiger partial charge < -0.3 is 15.8 Å². The lowest BCUT2D eigenvalue weighted by Crippen LogP contribution is -2.36. The largest absolute Gasteiger partial charge is 0.411 e. The first-order valence-electron chi connectivity index (χ1n) is 5.22. The van der Waals surface area contributed by atoms with Gasteiger partial charge in [0.2, 0.25) is 0 Å². The van der Waals surface area contributed by atoms with Crippen LogP contribution in [0.5, 0.6) is 0 Å². The molecule has 1 aromatic carbocycles. The molecule has 0 fully saturated rings. The Labute approximate surface area is 107 Å². The predicted molar refractivity (Wildman–Crippen MR) is 63.5 cm³/mol. The van der Waals surface area contributed by atoms with Gasteiger partial charge in [-0.1, -0.05) is 17.3 Å². The molecule has 19 heavy (non-hydrogen) atoms. The van der Waals surface area contributed by atoms with E-state index in [0.29, 0.717) is 17.0 Å². The minimum atomic E-state index is -4.45. The van der Waals surface area contributed by atoms with E-state index in [1.54, 1.807) is 24.4 Å².